The van der Waals surface area contributed by atoms with Crippen molar-refractivity contribution < 1.29 is 5.11 Å². The molecule has 6 heteroatoms. The molecule has 0 fully saturated rings. The Kier molecular flexibility index (Phi) is 4.56. The fraction of sp³-hybridized carbons (Fsp3) is 0.316. The fourth-order valence-electron chi connectivity index (χ4n) is 2.39. The van der Waals surface area contributed by atoms with Crippen LogP contribution in [0, 0.1) is 6.92 Å². The van der Waals surface area contributed by atoms with Gasteiger partial charge in [0, 0.05) is 36.6 Å². The molecule has 130 valence electrons. The summed E-state index contributed by atoms with van der Waals surface area (Å²) < 4.78 is 1.95. The Hall–Kier alpha value is -2.34. The van der Waals surface area contributed by atoms with Gasteiger partial charge in [0.05, 0.1) is 10.6 Å². The molecule has 2 heterocycles. The Bertz CT molecular complexity index is 912. The second-order valence-electron chi connectivity index (χ2n) is 7.10. The molecule has 2 aromatic heterocycles. The van der Waals surface area contributed by atoms with Crippen LogP contribution in [0.1, 0.15) is 32.2 Å². The second kappa shape index (κ2) is 6.52. The van der Waals surface area contributed by atoms with Gasteiger partial charge in [0.2, 0.25) is 0 Å². The summed E-state index contributed by atoms with van der Waals surface area (Å²) in [7, 11) is 1.95. The normalized spacial score (nSPS) is 11.7. The molecule has 0 bridgehead atoms. The highest BCUT2D eigenvalue weighted by Gasteiger charge is 2.22. The molecule has 0 aliphatic heterocycles. The van der Waals surface area contributed by atoms with Crippen LogP contribution in [-0.4, -0.2) is 24.6 Å². The Morgan fingerprint density at radius 3 is 2.56 bits per heavy atom. The predicted molar refractivity (Wildman–Crippen MR) is 99.9 cm³/mol. The van der Waals surface area contributed by atoms with Gasteiger partial charge >= 0.3 is 0 Å². The molecule has 3 rings (SSSR count). The van der Waals surface area contributed by atoms with Gasteiger partial charge in [-0.2, -0.15) is 0 Å². The first-order valence-corrected chi connectivity index (χ1v) is 8.90. The number of aromatic hydroxyl groups is 1. The molecule has 0 amide bonds. The third kappa shape index (κ3) is 3.69. The summed E-state index contributed by atoms with van der Waals surface area (Å²) in [5, 5.41) is 11.2. The molecule has 0 spiro atoms. The van der Waals surface area contributed by atoms with Crippen molar-refractivity contribution in [2.75, 3.05) is 0 Å². The van der Waals surface area contributed by atoms with Crippen molar-refractivity contribution in [2.24, 2.45) is 7.05 Å². The topological polar surface area (TPSA) is 63.8 Å². The molecular formula is C19H22N4OS. The number of imidazole rings is 1. The lowest BCUT2D eigenvalue weighted by Gasteiger charge is -2.19. The summed E-state index contributed by atoms with van der Waals surface area (Å²) in [5.41, 5.74) is 2.33. The minimum atomic E-state index is -0.180. The van der Waals surface area contributed by atoms with E-state index in [1.165, 1.54) is 11.8 Å². The van der Waals surface area contributed by atoms with Gasteiger partial charge in [-0.25, -0.2) is 15.0 Å². The van der Waals surface area contributed by atoms with Crippen LogP contribution < -0.4 is 0 Å². The molecule has 0 aliphatic carbocycles. The molecular weight excluding hydrogens is 332 g/mol. The smallest absolute Gasteiger partial charge is 0.172 e. The van der Waals surface area contributed by atoms with E-state index in [0.717, 1.165) is 27.1 Å². The maximum atomic E-state index is 10.4. The molecule has 0 unspecified atom stereocenters. The average Bonchev–Trinajstić information content (AvgIpc) is 2.94. The maximum absolute atomic E-state index is 10.4. The Morgan fingerprint density at radius 2 is 1.92 bits per heavy atom. The maximum Gasteiger partial charge on any atom is 0.172 e. The van der Waals surface area contributed by atoms with Crippen LogP contribution in [0.4, 0.5) is 0 Å². The van der Waals surface area contributed by atoms with Gasteiger partial charge in [0.15, 0.2) is 5.16 Å². The summed E-state index contributed by atoms with van der Waals surface area (Å²) in [6, 6.07) is 5.54. The van der Waals surface area contributed by atoms with E-state index in [1.807, 2.05) is 43.1 Å². The first kappa shape index (κ1) is 17.5. The number of aryl methyl sites for hydroxylation is 2. The molecule has 0 radical (unpaired) electrons. The molecule has 0 saturated heterocycles. The summed E-state index contributed by atoms with van der Waals surface area (Å²) in [6.45, 7) is 8.23. The number of aromatic nitrogens is 4. The van der Waals surface area contributed by atoms with Gasteiger partial charge in [-0.3, -0.25) is 0 Å². The quantitative estimate of drug-likeness (QED) is 0.758. The van der Waals surface area contributed by atoms with Crippen LogP contribution in [0.25, 0.3) is 11.3 Å². The van der Waals surface area contributed by atoms with Gasteiger partial charge in [-0.15, -0.1) is 0 Å². The van der Waals surface area contributed by atoms with E-state index in [-0.39, 0.29) is 11.2 Å². The minimum Gasteiger partial charge on any atom is -0.507 e. The summed E-state index contributed by atoms with van der Waals surface area (Å²) in [5.74, 6) is 0.957. The fourth-order valence-corrected chi connectivity index (χ4v) is 3.26. The van der Waals surface area contributed by atoms with Crippen LogP contribution >= 0.6 is 11.8 Å². The lowest BCUT2D eigenvalue weighted by atomic mass is 9.95. The van der Waals surface area contributed by atoms with Crippen LogP contribution in [0.5, 0.6) is 5.75 Å². The van der Waals surface area contributed by atoms with E-state index in [4.69, 9.17) is 4.98 Å². The third-order valence-electron chi connectivity index (χ3n) is 3.81. The SMILES string of the molecule is Cc1ccc(O)c(-c2nc(C(C)(C)C)ncc2Sc2nccn2C)c1. The van der Waals surface area contributed by atoms with Gasteiger partial charge < -0.3 is 9.67 Å². The molecule has 0 atom stereocenters. The van der Waals surface area contributed by atoms with E-state index in [2.05, 4.69) is 30.7 Å². The minimum absolute atomic E-state index is 0.180. The number of phenolic OH excluding ortho intramolecular Hbond substituents is 1. The molecule has 0 aliphatic rings. The Balaban J connectivity index is 2.18. The van der Waals surface area contributed by atoms with Crippen LogP contribution in [0.2, 0.25) is 0 Å². The van der Waals surface area contributed by atoms with Crippen molar-refractivity contribution >= 4 is 11.8 Å². The van der Waals surface area contributed by atoms with E-state index >= 15 is 0 Å². The van der Waals surface area contributed by atoms with Crippen molar-refractivity contribution in [3.63, 3.8) is 0 Å². The Morgan fingerprint density at radius 1 is 1.16 bits per heavy atom. The van der Waals surface area contributed by atoms with Crippen molar-refractivity contribution in [3.05, 3.63) is 48.2 Å². The lowest BCUT2D eigenvalue weighted by Crippen LogP contribution is -2.16. The van der Waals surface area contributed by atoms with Crippen molar-refractivity contribution in [3.8, 4) is 17.0 Å². The number of benzene rings is 1. The van der Waals surface area contributed by atoms with Gasteiger partial charge in [-0.1, -0.05) is 32.4 Å². The highest BCUT2D eigenvalue weighted by atomic mass is 32.2. The molecule has 25 heavy (non-hydrogen) atoms. The number of hydrogen-bond donors (Lipinski definition) is 1. The number of nitrogens with zero attached hydrogens (tertiary/aromatic N) is 4. The largest absolute Gasteiger partial charge is 0.507 e. The second-order valence-corrected chi connectivity index (χ2v) is 8.11. The summed E-state index contributed by atoms with van der Waals surface area (Å²) in [4.78, 5) is 14.6. The molecule has 5 nitrogen and oxygen atoms in total. The molecule has 0 saturated carbocycles. The van der Waals surface area contributed by atoms with E-state index in [0.29, 0.717) is 5.56 Å². The number of phenols is 1. The number of rotatable bonds is 3. The zero-order valence-corrected chi connectivity index (χ0v) is 15.9. The van der Waals surface area contributed by atoms with E-state index in [9.17, 15) is 5.11 Å². The summed E-state index contributed by atoms with van der Waals surface area (Å²) in [6.07, 6.45) is 5.48. The standard InChI is InChI=1S/C19H22N4OS/c1-12-6-7-14(24)13(10-12)16-15(25-18-20-8-9-23(18)5)11-21-17(22-16)19(2,3)4/h6-11,24H,1-5H3. The van der Waals surface area contributed by atoms with E-state index in [1.54, 1.807) is 12.3 Å². The monoisotopic (exact) mass is 354 g/mol. The summed E-state index contributed by atoms with van der Waals surface area (Å²) >= 11 is 1.49. The first-order valence-electron chi connectivity index (χ1n) is 8.08. The van der Waals surface area contributed by atoms with Crippen molar-refractivity contribution in [2.45, 2.75) is 43.2 Å². The van der Waals surface area contributed by atoms with Crippen LogP contribution in [0.3, 0.4) is 0 Å². The molecule has 1 N–H and O–H groups in total. The van der Waals surface area contributed by atoms with Crippen LogP contribution in [-0.2, 0) is 12.5 Å². The van der Waals surface area contributed by atoms with Gasteiger partial charge in [-0.05, 0) is 30.8 Å². The number of hydrogen-bond acceptors (Lipinski definition) is 5. The van der Waals surface area contributed by atoms with Gasteiger partial charge in [0.1, 0.15) is 11.6 Å². The van der Waals surface area contributed by atoms with Crippen molar-refractivity contribution in [1.29, 1.82) is 0 Å². The lowest BCUT2D eigenvalue weighted by molar-refractivity contribution is 0.476. The van der Waals surface area contributed by atoms with E-state index < -0.39 is 0 Å². The predicted octanol–water partition coefficient (Wildman–Crippen LogP) is 4.34. The van der Waals surface area contributed by atoms with Crippen molar-refractivity contribution in [1.82, 2.24) is 19.5 Å². The highest BCUT2D eigenvalue weighted by molar-refractivity contribution is 7.99. The zero-order chi connectivity index (χ0) is 18.2. The first-order chi connectivity index (χ1) is 11.8. The molecule has 1 aromatic carbocycles. The zero-order valence-electron chi connectivity index (χ0n) is 15.1. The average molecular weight is 354 g/mol. The Labute approximate surface area is 152 Å². The highest BCUT2D eigenvalue weighted by Crippen LogP contribution is 2.38. The third-order valence-corrected chi connectivity index (χ3v) is 4.91. The van der Waals surface area contributed by atoms with Crippen LogP contribution in [0.15, 0.2) is 46.8 Å². The molecule has 3 aromatic rings. The van der Waals surface area contributed by atoms with Gasteiger partial charge in [0.25, 0.3) is 0 Å².